The van der Waals surface area contributed by atoms with Crippen LogP contribution < -0.4 is 10.9 Å². The topological polar surface area (TPSA) is 82.5 Å². The second-order valence-electron chi connectivity index (χ2n) is 5.95. The van der Waals surface area contributed by atoms with Gasteiger partial charge in [0.1, 0.15) is 6.54 Å². The second-order valence-corrected chi connectivity index (χ2v) is 5.95. The highest BCUT2D eigenvalue weighted by atomic mass is 16.6. The number of carbonyl (C=O) groups is 1. The molecule has 0 unspecified atom stereocenters. The lowest BCUT2D eigenvalue weighted by Crippen LogP contribution is -2.41. The first-order valence-corrected chi connectivity index (χ1v) is 8.23. The molecule has 1 aromatic carbocycles. The van der Waals surface area contributed by atoms with Crippen LogP contribution >= 0.6 is 0 Å². The number of carbonyl (C=O) groups excluding carboxylic acids is 1. The number of hydrogen-bond donors (Lipinski definition) is 1. The lowest BCUT2D eigenvalue weighted by molar-refractivity contribution is -0.124. The van der Waals surface area contributed by atoms with Crippen LogP contribution in [0.5, 0.6) is 0 Å². The fourth-order valence-corrected chi connectivity index (χ4v) is 2.51. The summed E-state index contributed by atoms with van der Waals surface area (Å²) in [6.07, 6.45) is -0.152. The molecule has 3 rings (SSSR count). The monoisotopic (exact) mass is 343 g/mol. The predicted octanol–water partition coefficient (Wildman–Crippen LogP) is 0.750. The molecule has 2 heterocycles. The van der Waals surface area contributed by atoms with Crippen molar-refractivity contribution in [2.75, 3.05) is 26.4 Å². The van der Waals surface area contributed by atoms with E-state index < -0.39 is 0 Å². The third-order valence-corrected chi connectivity index (χ3v) is 3.92. The summed E-state index contributed by atoms with van der Waals surface area (Å²) in [5.41, 5.74) is 2.37. The molecule has 7 heteroatoms. The molecule has 1 atom stereocenters. The molecular formula is C18H21N3O4. The zero-order valence-corrected chi connectivity index (χ0v) is 14.1. The Bertz CT molecular complexity index is 780. The van der Waals surface area contributed by atoms with Gasteiger partial charge in [0.15, 0.2) is 0 Å². The number of amides is 1. The standard InChI is InChI=1S/C18H21N3O4/c1-13-2-4-14(5-3-13)16-6-7-18(23)21(20-16)11-17(22)19-10-15-12-24-8-9-25-15/h2-7,15H,8-12H2,1H3,(H,19,22)/t15-/m0/s1. The van der Waals surface area contributed by atoms with Gasteiger partial charge < -0.3 is 14.8 Å². The molecule has 0 aliphatic carbocycles. The minimum atomic E-state index is -0.316. The molecule has 1 amide bonds. The molecule has 1 saturated heterocycles. The van der Waals surface area contributed by atoms with Crippen molar-refractivity contribution in [1.82, 2.24) is 15.1 Å². The van der Waals surface area contributed by atoms with Crippen LogP contribution in [0.3, 0.4) is 0 Å². The normalized spacial score (nSPS) is 17.2. The van der Waals surface area contributed by atoms with Crippen LogP contribution in [0.25, 0.3) is 11.3 Å². The first-order valence-electron chi connectivity index (χ1n) is 8.23. The van der Waals surface area contributed by atoms with Gasteiger partial charge in [0.05, 0.1) is 31.6 Å². The summed E-state index contributed by atoms with van der Waals surface area (Å²) in [6.45, 7) is 3.79. The number of rotatable bonds is 5. The number of benzene rings is 1. The van der Waals surface area contributed by atoms with Gasteiger partial charge in [-0.2, -0.15) is 5.10 Å². The molecule has 25 heavy (non-hydrogen) atoms. The van der Waals surface area contributed by atoms with E-state index in [9.17, 15) is 9.59 Å². The van der Waals surface area contributed by atoms with Gasteiger partial charge >= 0.3 is 0 Å². The van der Waals surface area contributed by atoms with E-state index in [1.165, 1.54) is 10.7 Å². The summed E-state index contributed by atoms with van der Waals surface area (Å²) in [5.74, 6) is -0.287. The van der Waals surface area contributed by atoms with E-state index >= 15 is 0 Å². The Morgan fingerprint density at radius 3 is 2.76 bits per heavy atom. The first kappa shape index (κ1) is 17.3. The van der Waals surface area contributed by atoms with Crippen molar-refractivity contribution in [3.05, 3.63) is 52.3 Å². The smallest absolute Gasteiger partial charge is 0.267 e. The lowest BCUT2D eigenvalue weighted by Gasteiger charge is -2.23. The summed E-state index contributed by atoms with van der Waals surface area (Å²) in [6, 6.07) is 10.9. The van der Waals surface area contributed by atoms with Crippen molar-refractivity contribution in [3.8, 4) is 11.3 Å². The third-order valence-electron chi connectivity index (χ3n) is 3.92. The van der Waals surface area contributed by atoms with Gasteiger partial charge in [0, 0.05) is 18.2 Å². The molecule has 0 radical (unpaired) electrons. The summed E-state index contributed by atoms with van der Waals surface area (Å²) in [5, 5.41) is 7.05. The minimum absolute atomic E-state index is 0.133. The molecular weight excluding hydrogens is 322 g/mol. The van der Waals surface area contributed by atoms with Crippen molar-refractivity contribution >= 4 is 5.91 Å². The van der Waals surface area contributed by atoms with Crippen LogP contribution in [0.2, 0.25) is 0 Å². The Labute approximate surface area is 145 Å². The number of hydrogen-bond acceptors (Lipinski definition) is 5. The average molecular weight is 343 g/mol. The van der Waals surface area contributed by atoms with E-state index in [0.717, 1.165) is 11.1 Å². The summed E-state index contributed by atoms with van der Waals surface area (Å²) in [4.78, 5) is 24.1. The van der Waals surface area contributed by atoms with Crippen LogP contribution in [0.1, 0.15) is 5.56 Å². The highest BCUT2D eigenvalue weighted by Gasteiger charge is 2.15. The Hall–Kier alpha value is -2.51. The van der Waals surface area contributed by atoms with E-state index in [-0.39, 0.29) is 24.1 Å². The number of nitrogens with zero attached hydrogens (tertiary/aromatic N) is 2. The van der Waals surface area contributed by atoms with Crippen molar-refractivity contribution in [2.45, 2.75) is 19.6 Å². The molecule has 7 nitrogen and oxygen atoms in total. The predicted molar refractivity (Wildman–Crippen MR) is 92.2 cm³/mol. The fraction of sp³-hybridized carbons (Fsp3) is 0.389. The van der Waals surface area contributed by atoms with E-state index in [1.807, 2.05) is 31.2 Å². The van der Waals surface area contributed by atoms with Gasteiger partial charge in [-0.25, -0.2) is 4.68 Å². The largest absolute Gasteiger partial charge is 0.376 e. The number of ether oxygens (including phenoxy) is 2. The minimum Gasteiger partial charge on any atom is -0.376 e. The fourth-order valence-electron chi connectivity index (χ4n) is 2.51. The van der Waals surface area contributed by atoms with Crippen molar-refractivity contribution in [1.29, 1.82) is 0 Å². The van der Waals surface area contributed by atoms with Crippen molar-refractivity contribution < 1.29 is 14.3 Å². The second kappa shape index (κ2) is 8.04. The van der Waals surface area contributed by atoms with Gasteiger partial charge in [-0.05, 0) is 13.0 Å². The third kappa shape index (κ3) is 4.74. The van der Waals surface area contributed by atoms with Crippen LogP contribution in [-0.4, -0.2) is 48.2 Å². The average Bonchev–Trinajstić information content (AvgIpc) is 2.63. The molecule has 0 bridgehead atoms. The number of nitrogens with one attached hydrogen (secondary N) is 1. The summed E-state index contributed by atoms with van der Waals surface area (Å²) < 4.78 is 11.9. The maximum atomic E-state index is 12.1. The Morgan fingerprint density at radius 2 is 2.04 bits per heavy atom. The molecule has 2 aromatic rings. The zero-order chi connectivity index (χ0) is 17.6. The quantitative estimate of drug-likeness (QED) is 0.866. The number of aryl methyl sites for hydroxylation is 1. The molecule has 1 aromatic heterocycles. The van der Waals surface area contributed by atoms with E-state index in [4.69, 9.17) is 9.47 Å². The van der Waals surface area contributed by atoms with Gasteiger partial charge in [0.2, 0.25) is 5.91 Å². The molecule has 132 valence electrons. The maximum absolute atomic E-state index is 12.1. The Balaban J connectivity index is 1.65. The van der Waals surface area contributed by atoms with E-state index in [0.29, 0.717) is 32.1 Å². The Morgan fingerprint density at radius 1 is 1.24 bits per heavy atom. The highest BCUT2D eigenvalue weighted by Crippen LogP contribution is 2.15. The Kier molecular flexibility index (Phi) is 5.57. The molecule has 0 spiro atoms. The van der Waals surface area contributed by atoms with Gasteiger partial charge in [-0.15, -0.1) is 0 Å². The molecule has 1 N–H and O–H groups in total. The van der Waals surface area contributed by atoms with Crippen LogP contribution in [0.4, 0.5) is 0 Å². The van der Waals surface area contributed by atoms with E-state index in [2.05, 4.69) is 10.4 Å². The molecule has 0 saturated carbocycles. The van der Waals surface area contributed by atoms with Gasteiger partial charge in [-0.3, -0.25) is 9.59 Å². The lowest BCUT2D eigenvalue weighted by atomic mass is 10.1. The number of aromatic nitrogens is 2. The summed E-state index contributed by atoms with van der Waals surface area (Å²) >= 11 is 0. The van der Waals surface area contributed by atoms with Crippen LogP contribution in [0, 0.1) is 6.92 Å². The highest BCUT2D eigenvalue weighted by molar-refractivity contribution is 5.75. The zero-order valence-electron chi connectivity index (χ0n) is 14.1. The summed E-state index contributed by atoms with van der Waals surface area (Å²) in [7, 11) is 0. The molecule has 1 aliphatic heterocycles. The van der Waals surface area contributed by atoms with Crippen LogP contribution in [0.15, 0.2) is 41.2 Å². The van der Waals surface area contributed by atoms with Crippen molar-refractivity contribution in [3.63, 3.8) is 0 Å². The van der Waals surface area contributed by atoms with Crippen LogP contribution in [-0.2, 0) is 20.8 Å². The maximum Gasteiger partial charge on any atom is 0.267 e. The molecule has 1 fully saturated rings. The van der Waals surface area contributed by atoms with Crippen molar-refractivity contribution in [2.24, 2.45) is 0 Å². The van der Waals surface area contributed by atoms with Gasteiger partial charge in [-0.1, -0.05) is 29.8 Å². The SMILES string of the molecule is Cc1ccc(-c2ccc(=O)n(CC(=O)NC[C@H]3COCCO3)n2)cc1. The van der Waals surface area contributed by atoms with Gasteiger partial charge in [0.25, 0.3) is 5.56 Å². The first-order chi connectivity index (χ1) is 12.1. The molecule has 1 aliphatic rings. The van der Waals surface area contributed by atoms with E-state index in [1.54, 1.807) is 6.07 Å².